The van der Waals surface area contributed by atoms with E-state index in [1.165, 1.54) is 10.4 Å². The summed E-state index contributed by atoms with van der Waals surface area (Å²) in [6.07, 6.45) is 0.796. The largest absolute Gasteiger partial charge is 0.311 e. The molecule has 118 valence electrons. The molecular weight excluding hydrogens is 302 g/mol. The van der Waals surface area contributed by atoms with Crippen molar-refractivity contribution in [3.8, 4) is 0 Å². The van der Waals surface area contributed by atoms with E-state index in [0.717, 1.165) is 6.42 Å². The molecule has 0 aliphatic carbocycles. The van der Waals surface area contributed by atoms with Crippen LogP contribution in [0.1, 0.15) is 6.42 Å². The van der Waals surface area contributed by atoms with Crippen LogP contribution in [-0.2, 0) is 10.0 Å². The van der Waals surface area contributed by atoms with E-state index in [1.54, 1.807) is 24.3 Å². The fraction of sp³-hybridized carbons (Fsp3) is 0.400. The van der Waals surface area contributed by atoms with Crippen molar-refractivity contribution < 1.29 is 8.42 Å². The lowest BCUT2D eigenvalue weighted by atomic mass is 10.2. The summed E-state index contributed by atoms with van der Waals surface area (Å²) in [4.78, 5) is 16.6. The molecular formula is C15H19N3O3S. The standard InChI is InChI=1S/C15H19N3O3S/c1-17(2)12-7-8-18(10-12)22(20,21)14-9-11-5-3-4-6-13(11)15(19)16-14/h3-6,9,12H,7-8,10H2,1-2H3,(H,16,19). The molecule has 0 spiro atoms. The van der Waals surface area contributed by atoms with Gasteiger partial charge < -0.3 is 9.88 Å². The van der Waals surface area contributed by atoms with Crippen LogP contribution in [0.4, 0.5) is 0 Å². The number of rotatable bonds is 3. The summed E-state index contributed by atoms with van der Waals surface area (Å²) in [6, 6.07) is 8.72. The Morgan fingerprint density at radius 2 is 2.00 bits per heavy atom. The van der Waals surface area contributed by atoms with E-state index >= 15 is 0 Å². The van der Waals surface area contributed by atoms with Crippen molar-refractivity contribution in [2.75, 3.05) is 27.2 Å². The Morgan fingerprint density at radius 1 is 1.27 bits per heavy atom. The van der Waals surface area contributed by atoms with Gasteiger partial charge in [-0.1, -0.05) is 18.2 Å². The molecule has 1 fully saturated rings. The Hall–Kier alpha value is -1.70. The molecule has 1 N–H and O–H groups in total. The summed E-state index contributed by atoms with van der Waals surface area (Å²) >= 11 is 0. The summed E-state index contributed by atoms with van der Waals surface area (Å²) in [5.74, 6) is 0. The first kappa shape index (κ1) is 15.2. The normalized spacial score (nSPS) is 20.0. The summed E-state index contributed by atoms with van der Waals surface area (Å²) in [5.41, 5.74) is -0.375. The van der Waals surface area contributed by atoms with Gasteiger partial charge in [-0.2, -0.15) is 4.31 Å². The summed E-state index contributed by atoms with van der Waals surface area (Å²) < 4.78 is 26.9. The van der Waals surface area contributed by atoms with Gasteiger partial charge >= 0.3 is 0 Å². The van der Waals surface area contributed by atoms with E-state index in [0.29, 0.717) is 23.9 Å². The number of sulfonamides is 1. The number of nitrogens with zero attached hydrogens (tertiary/aromatic N) is 2. The second-order valence-electron chi connectivity index (χ2n) is 5.82. The van der Waals surface area contributed by atoms with Crippen LogP contribution in [0.5, 0.6) is 0 Å². The first-order valence-electron chi connectivity index (χ1n) is 7.18. The number of hydrogen-bond donors (Lipinski definition) is 1. The predicted molar refractivity (Wildman–Crippen MR) is 85.4 cm³/mol. The maximum absolute atomic E-state index is 12.7. The molecule has 1 aromatic heterocycles. The Bertz CT molecular complexity index is 858. The van der Waals surface area contributed by atoms with Crippen LogP contribution in [0.2, 0.25) is 0 Å². The van der Waals surface area contributed by atoms with Crippen molar-refractivity contribution in [1.82, 2.24) is 14.2 Å². The van der Waals surface area contributed by atoms with Crippen molar-refractivity contribution in [3.05, 3.63) is 40.7 Å². The van der Waals surface area contributed by atoms with Gasteiger partial charge in [0.1, 0.15) is 0 Å². The Balaban J connectivity index is 2.01. The summed E-state index contributed by atoms with van der Waals surface area (Å²) in [7, 11) is 0.218. The maximum Gasteiger partial charge on any atom is 0.258 e. The topological polar surface area (TPSA) is 73.5 Å². The number of H-pyrrole nitrogens is 1. The number of hydrogen-bond acceptors (Lipinski definition) is 4. The molecule has 1 aliphatic rings. The van der Waals surface area contributed by atoms with E-state index in [2.05, 4.69) is 4.98 Å². The van der Waals surface area contributed by atoms with Gasteiger partial charge in [-0.3, -0.25) is 4.79 Å². The van der Waals surface area contributed by atoms with E-state index in [9.17, 15) is 13.2 Å². The van der Waals surface area contributed by atoms with Crippen molar-refractivity contribution in [2.24, 2.45) is 0 Å². The minimum atomic E-state index is -3.67. The van der Waals surface area contributed by atoms with Crippen LogP contribution in [0, 0.1) is 0 Å². The number of aromatic amines is 1. The fourth-order valence-electron chi connectivity index (χ4n) is 2.81. The average Bonchev–Trinajstić information content (AvgIpc) is 2.98. The van der Waals surface area contributed by atoms with Crippen LogP contribution < -0.4 is 5.56 Å². The third-order valence-corrected chi connectivity index (χ3v) is 5.99. The zero-order chi connectivity index (χ0) is 15.9. The molecule has 1 saturated heterocycles. The van der Waals surface area contributed by atoms with E-state index in [1.807, 2.05) is 19.0 Å². The van der Waals surface area contributed by atoms with Crippen LogP contribution in [-0.4, -0.2) is 55.8 Å². The molecule has 6 nitrogen and oxygen atoms in total. The number of nitrogens with one attached hydrogen (secondary N) is 1. The molecule has 1 unspecified atom stereocenters. The highest BCUT2D eigenvalue weighted by Crippen LogP contribution is 2.22. The maximum atomic E-state index is 12.7. The van der Waals surface area contributed by atoms with E-state index < -0.39 is 10.0 Å². The molecule has 3 rings (SSSR count). The number of benzene rings is 1. The Kier molecular flexibility index (Phi) is 3.80. The molecule has 2 aromatic rings. The zero-order valence-corrected chi connectivity index (χ0v) is 13.4. The first-order chi connectivity index (χ1) is 10.4. The second-order valence-corrected chi connectivity index (χ2v) is 7.73. The quantitative estimate of drug-likeness (QED) is 0.910. The molecule has 1 aliphatic heterocycles. The van der Waals surface area contributed by atoms with Gasteiger partial charge in [0.15, 0.2) is 5.03 Å². The van der Waals surface area contributed by atoms with E-state index in [4.69, 9.17) is 0 Å². The number of pyridine rings is 1. The van der Waals surface area contributed by atoms with E-state index in [-0.39, 0.29) is 16.6 Å². The predicted octanol–water partition coefficient (Wildman–Crippen LogP) is 0.853. The van der Waals surface area contributed by atoms with Gasteiger partial charge in [0.2, 0.25) is 0 Å². The van der Waals surface area contributed by atoms with Gasteiger partial charge in [-0.15, -0.1) is 0 Å². The Labute approximate surface area is 129 Å². The van der Waals surface area contributed by atoms with Crippen molar-refractivity contribution in [1.29, 1.82) is 0 Å². The van der Waals surface area contributed by atoms with Gasteiger partial charge in [0, 0.05) is 24.5 Å². The molecule has 0 radical (unpaired) electrons. The van der Waals surface area contributed by atoms with Crippen molar-refractivity contribution in [3.63, 3.8) is 0 Å². The van der Waals surface area contributed by atoms with Crippen molar-refractivity contribution >= 4 is 20.8 Å². The van der Waals surface area contributed by atoms with Crippen molar-refractivity contribution in [2.45, 2.75) is 17.5 Å². The average molecular weight is 321 g/mol. The second kappa shape index (κ2) is 5.49. The molecule has 2 heterocycles. The zero-order valence-electron chi connectivity index (χ0n) is 12.6. The number of aromatic nitrogens is 1. The molecule has 0 saturated carbocycles. The number of fused-ring (bicyclic) bond motifs is 1. The van der Waals surface area contributed by atoms with Gasteiger partial charge in [0.25, 0.3) is 15.6 Å². The van der Waals surface area contributed by atoms with Gasteiger partial charge in [-0.25, -0.2) is 8.42 Å². The monoisotopic (exact) mass is 321 g/mol. The van der Waals surface area contributed by atoms with Crippen LogP contribution in [0.15, 0.2) is 40.2 Å². The molecule has 0 amide bonds. The van der Waals surface area contributed by atoms with Gasteiger partial charge in [-0.05, 0) is 38.0 Å². The van der Waals surface area contributed by atoms with Crippen LogP contribution in [0.25, 0.3) is 10.8 Å². The Morgan fingerprint density at radius 3 is 2.68 bits per heavy atom. The highest BCUT2D eigenvalue weighted by atomic mass is 32.2. The smallest absolute Gasteiger partial charge is 0.258 e. The minimum Gasteiger partial charge on any atom is -0.311 e. The summed E-state index contributed by atoms with van der Waals surface area (Å²) in [5, 5.41) is 1.10. The molecule has 22 heavy (non-hydrogen) atoms. The molecule has 1 atom stereocenters. The molecule has 0 bridgehead atoms. The van der Waals surface area contributed by atoms with Crippen LogP contribution in [0.3, 0.4) is 0 Å². The minimum absolute atomic E-state index is 0.0318. The number of likely N-dealkylation sites (N-methyl/N-ethyl adjacent to an activating group) is 1. The molecule has 7 heteroatoms. The lowest BCUT2D eigenvalue weighted by Gasteiger charge is -2.20. The third kappa shape index (κ3) is 2.55. The highest BCUT2D eigenvalue weighted by Gasteiger charge is 2.34. The third-order valence-electron chi connectivity index (χ3n) is 4.20. The van der Waals surface area contributed by atoms with Crippen LogP contribution >= 0.6 is 0 Å². The lowest BCUT2D eigenvalue weighted by molar-refractivity contribution is 0.302. The SMILES string of the molecule is CN(C)C1CCN(S(=O)(=O)c2cc3ccccc3c(=O)[nH]2)C1. The lowest BCUT2D eigenvalue weighted by Crippen LogP contribution is -2.35. The molecule has 1 aromatic carbocycles. The highest BCUT2D eigenvalue weighted by molar-refractivity contribution is 7.89. The first-order valence-corrected chi connectivity index (χ1v) is 8.62. The summed E-state index contributed by atoms with van der Waals surface area (Å²) in [6.45, 7) is 0.921. The fourth-order valence-corrected chi connectivity index (χ4v) is 4.30. The van der Waals surface area contributed by atoms with Gasteiger partial charge in [0.05, 0.1) is 0 Å².